The largest absolute Gasteiger partial charge is 0.307 e. The molecule has 0 N–H and O–H groups in total. The Bertz CT molecular complexity index is 388. The quantitative estimate of drug-likeness (QED) is 0.673. The summed E-state index contributed by atoms with van der Waals surface area (Å²) in [4.78, 5) is 4.22. The van der Waals surface area contributed by atoms with Crippen LogP contribution in [0.4, 0.5) is 0 Å². The van der Waals surface area contributed by atoms with Gasteiger partial charge in [-0.3, -0.25) is 0 Å². The molecule has 0 saturated heterocycles. The van der Waals surface area contributed by atoms with Gasteiger partial charge in [-0.1, -0.05) is 27.7 Å². The Morgan fingerprint density at radius 2 is 1.93 bits per heavy atom. The molecule has 0 unspecified atom stereocenters. The lowest BCUT2D eigenvalue weighted by atomic mass is 10.1. The zero-order chi connectivity index (χ0) is 10.6. The minimum absolute atomic E-state index is 0.576. The van der Waals surface area contributed by atoms with E-state index >= 15 is 0 Å². The average Bonchev–Trinajstić information content (AvgIpc) is 2.67. The zero-order valence-electron chi connectivity index (χ0n) is 9.36. The van der Waals surface area contributed by atoms with Crippen LogP contribution < -0.4 is 0 Å². The number of imidazole rings is 1. The zero-order valence-corrected chi connectivity index (χ0v) is 9.36. The summed E-state index contributed by atoms with van der Waals surface area (Å²) in [5, 5.41) is 0. The van der Waals surface area contributed by atoms with Crippen LogP contribution in [0.15, 0.2) is 30.7 Å². The van der Waals surface area contributed by atoms with Crippen LogP contribution >= 0.6 is 0 Å². The van der Waals surface area contributed by atoms with Crippen molar-refractivity contribution in [1.82, 2.24) is 9.38 Å². The molecule has 0 aliphatic rings. The van der Waals surface area contributed by atoms with Crippen LogP contribution in [-0.2, 0) is 0 Å². The number of pyridine rings is 1. The summed E-state index contributed by atoms with van der Waals surface area (Å²) >= 11 is 0. The molecule has 2 heterocycles. The number of rotatable bonds is 1. The van der Waals surface area contributed by atoms with Gasteiger partial charge < -0.3 is 4.40 Å². The van der Waals surface area contributed by atoms with E-state index in [-0.39, 0.29) is 0 Å². The average molecular weight is 190 g/mol. The molecule has 14 heavy (non-hydrogen) atoms. The van der Waals surface area contributed by atoms with E-state index < -0.39 is 0 Å². The highest BCUT2D eigenvalue weighted by Crippen LogP contribution is 2.14. The first-order valence-corrected chi connectivity index (χ1v) is 5.20. The van der Waals surface area contributed by atoms with Crippen LogP contribution in [0.3, 0.4) is 0 Å². The summed E-state index contributed by atoms with van der Waals surface area (Å²) in [6.45, 7) is 8.38. The summed E-state index contributed by atoms with van der Waals surface area (Å²) in [6, 6.07) is 4.27. The van der Waals surface area contributed by atoms with Crippen LogP contribution in [0.5, 0.6) is 0 Å². The van der Waals surface area contributed by atoms with Gasteiger partial charge in [0.1, 0.15) is 5.65 Å². The molecule has 0 bridgehead atoms. The van der Waals surface area contributed by atoms with E-state index in [1.807, 2.05) is 30.6 Å². The van der Waals surface area contributed by atoms with Gasteiger partial charge in [0.15, 0.2) is 0 Å². The molecule has 0 fully saturated rings. The maximum Gasteiger partial charge on any atom is 0.136 e. The standard InChI is InChI=1S/C10H12N2.C2H6/c1-8(2)9-3-5-12-6-4-11-10(12)7-9;1-2/h3-8H,1-2H3;1-2H3. The van der Waals surface area contributed by atoms with Crippen molar-refractivity contribution in [2.75, 3.05) is 0 Å². The number of hydrogen-bond acceptors (Lipinski definition) is 1. The van der Waals surface area contributed by atoms with E-state index in [4.69, 9.17) is 0 Å². The summed E-state index contributed by atoms with van der Waals surface area (Å²) in [6.07, 6.45) is 5.83. The maximum atomic E-state index is 4.22. The number of aromatic nitrogens is 2. The fourth-order valence-electron chi connectivity index (χ4n) is 1.29. The molecular weight excluding hydrogens is 172 g/mol. The third-order valence-corrected chi connectivity index (χ3v) is 2.09. The highest BCUT2D eigenvalue weighted by atomic mass is 15.0. The summed E-state index contributed by atoms with van der Waals surface area (Å²) < 4.78 is 2.02. The van der Waals surface area contributed by atoms with E-state index in [2.05, 4.69) is 37.2 Å². The molecule has 0 radical (unpaired) electrons. The van der Waals surface area contributed by atoms with Gasteiger partial charge in [-0.15, -0.1) is 0 Å². The maximum absolute atomic E-state index is 4.22. The molecule has 2 aromatic rings. The van der Waals surface area contributed by atoms with Gasteiger partial charge in [0, 0.05) is 18.6 Å². The van der Waals surface area contributed by atoms with Gasteiger partial charge in [0.05, 0.1) is 0 Å². The molecule has 2 nitrogen and oxygen atoms in total. The first-order chi connectivity index (χ1) is 6.77. The molecule has 2 aromatic heterocycles. The minimum Gasteiger partial charge on any atom is -0.307 e. The summed E-state index contributed by atoms with van der Waals surface area (Å²) in [5.41, 5.74) is 2.37. The Kier molecular flexibility index (Phi) is 3.69. The molecule has 0 aromatic carbocycles. The lowest BCUT2D eigenvalue weighted by Gasteiger charge is -2.04. The minimum atomic E-state index is 0.576. The molecule has 0 aliphatic carbocycles. The Balaban J connectivity index is 0.000000461. The predicted molar refractivity (Wildman–Crippen MR) is 60.6 cm³/mol. The third-order valence-electron chi connectivity index (χ3n) is 2.09. The molecule has 0 saturated carbocycles. The SMILES string of the molecule is CC.CC(C)c1ccn2ccnc2c1. The number of fused-ring (bicyclic) bond motifs is 1. The van der Waals surface area contributed by atoms with Gasteiger partial charge >= 0.3 is 0 Å². The van der Waals surface area contributed by atoms with Crippen molar-refractivity contribution < 1.29 is 0 Å². The second kappa shape index (κ2) is 4.80. The fourth-order valence-corrected chi connectivity index (χ4v) is 1.29. The van der Waals surface area contributed by atoms with Gasteiger partial charge in [0.2, 0.25) is 0 Å². The monoisotopic (exact) mass is 190 g/mol. The Hall–Kier alpha value is -1.31. The highest BCUT2D eigenvalue weighted by Gasteiger charge is 1.99. The van der Waals surface area contributed by atoms with Crippen LogP contribution in [0.1, 0.15) is 39.2 Å². The molecular formula is C12H18N2. The van der Waals surface area contributed by atoms with E-state index in [9.17, 15) is 0 Å². The van der Waals surface area contributed by atoms with Crippen molar-refractivity contribution in [3.05, 3.63) is 36.3 Å². The van der Waals surface area contributed by atoms with E-state index in [1.165, 1.54) is 5.56 Å². The first-order valence-electron chi connectivity index (χ1n) is 5.20. The highest BCUT2D eigenvalue weighted by molar-refractivity contribution is 5.41. The van der Waals surface area contributed by atoms with Crippen LogP contribution in [0.2, 0.25) is 0 Å². The Labute approximate surface area is 85.6 Å². The van der Waals surface area contributed by atoms with Crippen molar-refractivity contribution in [3.8, 4) is 0 Å². The molecule has 0 aliphatic heterocycles. The van der Waals surface area contributed by atoms with Crippen molar-refractivity contribution in [3.63, 3.8) is 0 Å². The fraction of sp³-hybridized carbons (Fsp3) is 0.417. The van der Waals surface area contributed by atoms with Gasteiger partial charge in [-0.25, -0.2) is 4.98 Å². The van der Waals surface area contributed by atoms with Gasteiger partial charge in [-0.2, -0.15) is 0 Å². The van der Waals surface area contributed by atoms with Crippen LogP contribution in [-0.4, -0.2) is 9.38 Å². The third kappa shape index (κ3) is 2.13. The van der Waals surface area contributed by atoms with E-state index in [1.54, 1.807) is 0 Å². The second-order valence-electron chi connectivity index (χ2n) is 3.31. The lowest BCUT2D eigenvalue weighted by Crippen LogP contribution is -1.90. The van der Waals surface area contributed by atoms with Crippen molar-refractivity contribution in [2.45, 2.75) is 33.6 Å². The molecule has 0 amide bonds. The first kappa shape index (κ1) is 10.8. The number of nitrogens with zero attached hydrogens (tertiary/aromatic N) is 2. The normalized spacial score (nSPS) is 10.1. The molecule has 2 rings (SSSR count). The molecule has 0 spiro atoms. The van der Waals surface area contributed by atoms with Crippen molar-refractivity contribution >= 4 is 5.65 Å². The lowest BCUT2D eigenvalue weighted by molar-refractivity contribution is 0.863. The Morgan fingerprint density at radius 1 is 1.21 bits per heavy atom. The van der Waals surface area contributed by atoms with Crippen LogP contribution in [0.25, 0.3) is 5.65 Å². The van der Waals surface area contributed by atoms with Crippen molar-refractivity contribution in [2.24, 2.45) is 0 Å². The predicted octanol–water partition coefficient (Wildman–Crippen LogP) is 3.48. The van der Waals surface area contributed by atoms with Crippen molar-refractivity contribution in [1.29, 1.82) is 0 Å². The topological polar surface area (TPSA) is 17.3 Å². The summed E-state index contributed by atoms with van der Waals surface area (Å²) in [7, 11) is 0. The molecule has 0 atom stereocenters. The van der Waals surface area contributed by atoms with E-state index in [0.29, 0.717) is 5.92 Å². The van der Waals surface area contributed by atoms with E-state index in [0.717, 1.165) is 5.65 Å². The van der Waals surface area contributed by atoms with Gasteiger partial charge in [0.25, 0.3) is 0 Å². The smallest absolute Gasteiger partial charge is 0.136 e. The Morgan fingerprint density at radius 3 is 2.57 bits per heavy atom. The van der Waals surface area contributed by atoms with Gasteiger partial charge in [-0.05, 0) is 23.6 Å². The van der Waals surface area contributed by atoms with Crippen LogP contribution in [0, 0.1) is 0 Å². The number of hydrogen-bond donors (Lipinski definition) is 0. The molecule has 76 valence electrons. The molecule has 2 heteroatoms. The summed E-state index contributed by atoms with van der Waals surface area (Å²) in [5.74, 6) is 0.576. The second-order valence-corrected chi connectivity index (χ2v) is 3.31.